The van der Waals surface area contributed by atoms with E-state index in [4.69, 9.17) is 9.15 Å². The maximum Gasteiger partial charge on any atom is 0.311 e. The smallest absolute Gasteiger partial charge is 0.311 e. The average Bonchev–Trinajstić information content (AvgIpc) is 3.29. The van der Waals surface area contributed by atoms with Crippen LogP contribution < -0.4 is 5.32 Å². The lowest BCUT2D eigenvalue weighted by atomic mass is 10.0. The van der Waals surface area contributed by atoms with Crippen LogP contribution in [0.1, 0.15) is 41.2 Å². The van der Waals surface area contributed by atoms with Gasteiger partial charge in [-0.3, -0.25) is 9.59 Å². The van der Waals surface area contributed by atoms with Crippen molar-refractivity contribution in [2.24, 2.45) is 0 Å². The number of carbonyl (C=O) groups is 2. The van der Waals surface area contributed by atoms with E-state index in [1.807, 2.05) is 32.0 Å². The molecule has 0 fully saturated rings. The van der Waals surface area contributed by atoms with E-state index in [1.54, 1.807) is 13.2 Å². The normalized spacial score (nSPS) is 13.9. The van der Waals surface area contributed by atoms with Crippen molar-refractivity contribution in [3.8, 4) is 0 Å². The molecule has 2 aromatic carbocycles. The minimum Gasteiger partial charge on any atom is -0.464 e. The van der Waals surface area contributed by atoms with Crippen LogP contribution >= 0.6 is 0 Å². The second-order valence-electron chi connectivity index (χ2n) is 7.80. The van der Waals surface area contributed by atoms with E-state index < -0.39 is 12.1 Å². The van der Waals surface area contributed by atoms with Gasteiger partial charge in [-0.05, 0) is 74.4 Å². The Labute approximate surface area is 170 Å². The second kappa shape index (κ2) is 7.74. The van der Waals surface area contributed by atoms with Crippen LogP contribution in [0.25, 0.3) is 11.0 Å². The lowest BCUT2D eigenvalue weighted by Gasteiger charge is -2.16. The Morgan fingerprint density at radius 1 is 1.14 bits per heavy atom. The van der Waals surface area contributed by atoms with E-state index in [0.717, 1.165) is 52.6 Å². The molecule has 5 nitrogen and oxygen atoms in total. The molecule has 1 atom stereocenters. The maximum atomic E-state index is 12.5. The SMILES string of the molecule is Cc1cccc(C)c1NC(=O)C(C)OC(=O)Cc1coc2cc3c(cc12)CCC3. The number of esters is 1. The molecule has 3 aromatic rings. The zero-order valence-electron chi connectivity index (χ0n) is 17.0. The van der Waals surface area contributed by atoms with Crippen LogP contribution in [0.3, 0.4) is 0 Å². The van der Waals surface area contributed by atoms with Crippen molar-refractivity contribution in [3.05, 3.63) is 64.4 Å². The predicted molar refractivity (Wildman–Crippen MR) is 112 cm³/mol. The van der Waals surface area contributed by atoms with Gasteiger partial charge in [-0.25, -0.2) is 0 Å². The van der Waals surface area contributed by atoms with Gasteiger partial charge in [0.1, 0.15) is 5.58 Å². The highest BCUT2D eigenvalue weighted by Crippen LogP contribution is 2.30. The highest BCUT2D eigenvalue weighted by atomic mass is 16.5. The summed E-state index contributed by atoms with van der Waals surface area (Å²) < 4.78 is 11.0. The fourth-order valence-corrected chi connectivity index (χ4v) is 3.97. The average molecular weight is 391 g/mol. The number of hydrogen-bond acceptors (Lipinski definition) is 4. The molecule has 1 N–H and O–H groups in total. The molecule has 0 bridgehead atoms. The van der Waals surface area contributed by atoms with E-state index in [-0.39, 0.29) is 12.3 Å². The third-order valence-corrected chi connectivity index (χ3v) is 5.61. The van der Waals surface area contributed by atoms with Crippen molar-refractivity contribution < 1.29 is 18.7 Å². The number of furan rings is 1. The molecular weight excluding hydrogens is 366 g/mol. The monoisotopic (exact) mass is 391 g/mol. The van der Waals surface area contributed by atoms with E-state index >= 15 is 0 Å². The van der Waals surface area contributed by atoms with Gasteiger partial charge in [-0.2, -0.15) is 0 Å². The predicted octanol–water partition coefficient (Wildman–Crippen LogP) is 4.65. The van der Waals surface area contributed by atoms with Gasteiger partial charge in [0.25, 0.3) is 5.91 Å². The summed E-state index contributed by atoms with van der Waals surface area (Å²) in [5.74, 6) is -0.789. The van der Waals surface area contributed by atoms with Crippen molar-refractivity contribution in [1.82, 2.24) is 0 Å². The first-order valence-electron chi connectivity index (χ1n) is 10.0. The van der Waals surface area contributed by atoms with Crippen molar-refractivity contribution in [1.29, 1.82) is 0 Å². The largest absolute Gasteiger partial charge is 0.464 e. The van der Waals surface area contributed by atoms with Crippen LogP contribution in [-0.4, -0.2) is 18.0 Å². The Morgan fingerprint density at radius 3 is 2.55 bits per heavy atom. The molecule has 1 unspecified atom stereocenters. The molecule has 1 heterocycles. The number of rotatable bonds is 5. The quantitative estimate of drug-likeness (QED) is 0.643. The first-order chi connectivity index (χ1) is 13.9. The number of hydrogen-bond donors (Lipinski definition) is 1. The minimum absolute atomic E-state index is 0.0762. The van der Waals surface area contributed by atoms with Gasteiger partial charge in [0.05, 0.1) is 12.7 Å². The lowest BCUT2D eigenvalue weighted by Crippen LogP contribution is -2.31. The number of ether oxygens (including phenoxy) is 1. The molecule has 5 heteroatoms. The van der Waals surface area contributed by atoms with Gasteiger partial charge in [0.2, 0.25) is 0 Å². The Hall–Kier alpha value is -3.08. The van der Waals surface area contributed by atoms with Crippen molar-refractivity contribution in [2.75, 3.05) is 5.32 Å². The molecule has 0 saturated heterocycles. The summed E-state index contributed by atoms with van der Waals surface area (Å²) in [4.78, 5) is 24.9. The fourth-order valence-electron chi connectivity index (χ4n) is 3.97. The summed E-state index contributed by atoms with van der Waals surface area (Å²) in [6, 6.07) is 10.0. The number of benzene rings is 2. The first kappa shape index (κ1) is 19.2. The molecule has 0 radical (unpaired) electrons. The van der Waals surface area contributed by atoms with Crippen LogP contribution in [0.4, 0.5) is 5.69 Å². The van der Waals surface area contributed by atoms with Gasteiger partial charge in [-0.1, -0.05) is 18.2 Å². The van der Waals surface area contributed by atoms with E-state index in [0.29, 0.717) is 0 Å². The standard InChI is InChI=1S/C24H25NO4/c1-14-6-4-7-15(2)23(14)25-24(27)16(3)29-22(26)12-19-13-28-21-11-18-9-5-8-17(18)10-20(19)21/h4,6-7,10-11,13,16H,5,8-9,12H2,1-3H3,(H,25,27). The molecule has 1 aliphatic rings. The van der Waals surface area contributed by atoms with Gasteiger partial charge in [0, 0.05) is 16.6 Å². The number of aryl methyl sites for hydroxylation is 4. The Morgan fingerprint density at radius 2 is 1.83 bits per heavy atom. The molecule has 1 aliphatic carbocycles. The van der Waals surface area contributed by atoms with Crippen molar-refractivity contribution >= 4 is 28.5 Å². The summed E-state index contributed by atoms with van der Waals surface area (Å²) in [6.45, 7) is 5.45. The van der Waals surface area contributed by atoms with Crippen LogP contribution in [0.5, 0.6) is 0 Å². The van der Waals surface area contributed by atoms with Crippen LogP contribution in [0.15, 0.2) is 41.0 Å². The second-order valence-corrected chi connectivity index (χ2v) is 7.80. The van der Waals surface area contributed by atoms with Gasteiger partial charge in [0.15, 0.2) is 6.10 Å². The Balaban J connectivity index is 1.42. The highest BCUT2D eigenvalue weighted by molar-refractivity contribution is 5.96. The third kappa shape index (κ3) is 3.90. The van der Waals surface area contributed by atoms with Crippen LogP contribution in [-0.2, 0) is 33.6 Å². The summed E-state index contributed by atoms with van der Waals surface area (Å²) in [6.07, 6.45) is 4.11. The first-order valence-corrected chi connectivity index (χ1v) is 10.0. The third-order valence-electron chi connectivity index (χ3n) is 5.61. The molecule has 1 aromatic heterocycles. The Bertz CT molecular complexity index is 1080. The summed E-state index contributed by atoms with van der Waals surface area (Å²) in [5, 5.41) is 3.82. The molecule has 29 heavy (non-hydrogen) atoms. The number of carbonyl (C=O) groups excluding carboxylic acids is 2. The molecule has 0 spiro atoms. The summed E-state index contributed by atoms with van der Waals surface area (Å²) >= 11 is 0. The molecule has 150 valence electrons. The van der Waals surface area contributed by atoms with E-state index in [1.165, 1.54) is 11.1 Å². The minimum atomic E-state index is -0.885. The zero-order chi connectivity index (χ0) is 20.5. The van der Waals surface area contributed by atoms with Crippen LogP contribution in [0, 0.1) is 13.8 Å². The zero-order valence-corrected chi connectivity index (χ0v) is 17.0. The maximum absolute atomic E-state index is 12.5. The number of amides is 1. The number of nitrogens with one attached hydrogen (secondary N) is 1. The number of para-hydroxylation sites is 1. The van der Waals surface area contributed by atoms with E-state index in [2.05, 4.69) is 17.4 Å². The molecular formula is C24H25NO4. The molecule has 4 rings (SSSR count). The van der Waals surface area contributed by atoms with Gasteiger partial charge >= 0.3 is 5.97 Å². The van der Waals surface area contributed by atoms with Gasteiger partial charge < -0.3 is 14.5 Å². The number of anilines is 1. The topological polar surface area (TPSA) is 68.5 Å². The highest BCUT2D eigenvalue weighted by Gasteiger charge is 2.21. The van der Waals surface area contributed by atoms with Crippen molar-refractivity contribution in [2.45, 2.75) is 52.6 Å². The molecule has 1 amide bonds. The van der Waals surface area contributed by atoms with Crippen molar-refractivity contribution in [3.63, 3.8) is 0 Å². The fraction of sp³-hybridized carbons (Fsp3) is 0.333. The van der Waals surface area contributed by atoms with Crippen LogP contribution in [0.2, 0.25) is 0 Å². The van der Waals surface area contributed by atoms with Gasteiger partial charge in [-0.15, -0.1) is 0 Å². The molecule has 0 saturated carbocycles. The summed E-state index contributed by atoms with van der Waals surface area (Å²) in [7, 11) is 0. The summed E-state index contributed by atoms with van der Waals surface area (Å²) in [5.41, 5.74) is 6.95. The van der Waals surface area contributed by atoms with E-state index in [9.17, 15) is 9.59 Å². The Kier molecular flexibility index (Phi) is 5.14. The number of fused-ring (bicyclic) bond motifs is 2. The molecule has 0 aliphatic heterocycles. The lowest BCUT2D eigenvalue weighted by molar-refractivity contribution is -0.152.